The summed E-state index contributed by atoms with van der Waals surface area (Å²) in [5.74, 6) is -1.35. The number of aromatic nitrogens is 3. The number of anilines is 1. The lowest BCUT2D eigenvalue weighted by Gasteiger charge is -2.06. The van der Waals surface area contributed by atoms with Gasteiger partial charge in [0, 0.05) is 24.3 Å². The van der Waals surface area contributed by atoms with Crippen molar-refractivity contribution in [1.82, 2.24) is 14.8 Å². The SMILES string of the molecule is O=C(O)Cn1cc(C(=O)Nc2ccc(Cc3ccncc3)cc2)cn1. The van der Waals surface area contributed by atoms with Gasteiger partial charge in [-0.3, -0.25) is 19.3 Å². The monoisotopic (exact) mass is 336 g/mol. The Morgan fingerprint density at radius 3 is 2.40 bits per heavy atom. The third-order valence-electron chi connectivity index (χ3n) is 3.56. The van der Waals surface area contributed by atoms with Crippen molar-refractivity contribution in [3.05, 3.63) is 77.9 Å². The molecular weight excluding hydrogens is 320 g/mol. The molecule has 126 valence electrons. The molecule has 1 amide bonds. The number of hydrogen-bond acceptors (Lipinski definition) is 4. The summed E-state index contributed by atoms with van der Waals surface area (Å²) in [6.45, 7) is -0.281. The molecule has 0 spiro atoms. The van der Waals surface area contributed by atoms with Crippen molar-refractivity contribution in [3.8, 4) is 0 Å². The van der Waals surface area contributed by atoms with Crippen molar-refractivity contribution < 1.29 is 14.7 Å². The predicted molar refractivity (Wildman–Crippen MR) is 91.3 cm³/mol. The minimum atomic E-state index is -1.01. The van der Waals surface area contributed by atoms with Gasteiger partial charge in [-0.05, 0) is 41.8 Å². The fourth-order valence-electron chi connectivity index (χ4n) is 2.35. The number of rotatable bonds is 6. The molecule has 0 aliphatic heterocycles. The molecule has 3 aromatic rings. The van der Waals surface area contributed by atoms with E-state index in [4.69, 9.17) is 5.11 Å². The Labute approximate surface area is 143 Å². The maximum atomic E-state index is 12.2. The second kappa shape index (κ2) is 7.39. The van der Waals surface area contributed by atoms with Crippen LogP contribution in [0.3, 0.4) is 0 Å². The number of nitrogens with one attached hydrogen (secondary N) is 1. The zero-order valence-electron chi connectivity index (χ0n) is 13.3. The molecule has 0 saturated heterocycles. The Morgan fingerprint density at radius 2 is 1.72 bits per heavy atom. The number of carbonyl (C=O) groups excluding carboxylic acids is 1. The van der Waals surface area contributed by atoms with Crippen molar-refractivity contribution in [3.63, 3.8) is 0 Å². The Morgan fingerprint density at radius 1 is 1.04 bits per heavy atom. The van der Waals surface area contributed by atoms with Gasteiger partial charge in [0.25, 0.3) is 5.91 Å². The van der Waals surface area contributed by atoms with Crippen LogP contribution in [-0.2, 0) is 17.8 Å². The number of aliphatic carboxylic acids is 1. The number of nitrogens with zero attached hydrogens (tertiary/aromatic N) is 3. The first-order chi connectivity index (χ1) is 12.1. The van der Waals surface area contributed by atoms with Crippen molar-refractivity contribution >= 4 is 17.6 Å². The van der Waals surface area contributed by atoms with Crippen LogP contribution in [0.15, 0.2) is 61.2 Å². The largest absolute Gasteiger partial charge is 0.480 e. The van der Waals surface area contributed by atoms with Gasteiger partial charge in [0.1, 0.15) is 6.54 Å². The Hall–Kier alpha value is -3.48. The summed E-state index contributed by atoms with van der Waals surface area (Å²) in [6.07, 6.45) is 7.05. The van der Waals surface area contributed by atoms with E-state index in [2.05, 4.69) is 15.4 Å². The lowest BCUT2D eigenvalue weighted by Crippen LogP contribution is -2.12. The van der Waals surface area contributed by atoms with Gasteiger partial charge in [-0.15, -0.1) is 0 Å². The molecule has 0 unspecified atom stereocenters. The van der Waals surface area contributed by atoms with Crippen LogP contribution in [0.2, 0.25) is 0 Å². The molecule has 3 rings (SSSR count). The molecule has 0 radical (unpaired) electrons. The van der Waals surface area contributed by atoms with Crippen LogP contribution < -0.4 is 5.32 Å². The molecule has 2 aromatic heterocycles. The van der Waals surface area contributed by atoms with E-state index in [9.17, 15) is 9.59 Å². The van der Waals surface area contributed by atoms with E-state index in [0.29, 0.717) is 11.3 Å². The summed E-state index contributed by atoms with van der Waals surface area (Å²) in [6, 6.07) is 11.5. The maximum absolute atomic E-state index is 12.2. The first-order valence-electron chi connectivity index (χ1n) is 7.63. The Kier molecular flexibility index (Phi) is 4.84. The zero-order chi connectivity index (χ0) is 17.6. The summed E-state index contributed by atoms with van der Waals surface area (Å²) < 4.78 is 1.20. The molecule has 0 bridgehead atoms. The van der Waals surface area contributed by atoms with Gasteiger partial charge in [-0.25, -0.2) is 0 Å². The van der Waals surface area contributed by atoms with Crippen molar-refractivity contribution in [2.45, 2.75) is 13.0 Å². The van der Waals surface area contributed by atoms with Crippen LogP contribution in [0.25, 0.3) is 0 Å². The first kappa shape index (κ1) is 16.4. The van der Waals surface area contributed by atoms with Gasteiger partial charge in [0.05, 0.1) is 11.8 Å². The second-order valence-corrected chi connectivity index (χ2v) is 5.50. The molecule has 1 aromatic carbocycles. The van der Waals surface area contributed by atoms with E-state index in [1.165, 1.54) is 17.1 Å². The van der Waals surface area contributed by atoms with E-state index in [1.807, 2.05) is 36.4 Å². The fraction of sp³-hybridized carbons (Fsp3) is 0.111. The minimum Gasteiger partial charge on any atom is -0.480 e. The lowest BCUT2D eigenvalue weighted by molar-refractivity contribution is -0.137. The lowest BCUT2D eigenvalue weighted by atomic mass is 10.1. The van der Waals surface area contributed by atoms with Gasteiger partial charge in [-0.1, -0.05) is 12.1 Å². The molecule has 25 heavy (non-hydrogen) atoms. The Balaban J connectivity index is 1.62. The van der Waals surface area contributed by atoms with Crippen LogP contribution in [0, 0.1) is 0 Å². The third kappa shape index (κ3) is 4.51. The highest BCUT2D eigenvalue weighted by Crippen LogP contribution is 2.14. The van der Waals surface area contributed by atoms with Crippen LogP contribution >= 0.6 is 0 Å². The van der Waals surface area contributed by atoms with Crippen molar-refractivity contribution in [1.29, 1.82) is 0 Å². The second-order valence-electron chi connectivity index (χ2n) is 5.50. The average Bonchev–Trinajstić information content (AvgIpc) is 3.05. The quantitative estimate of drug-likeness (QED) is 0.719. The molecule has 2 N–H and O–H groups in total. The highest BCUT2D eigenvalue weighted by molar-refractivity contribution is 6.03. The van der Waals surface area contributed by atoms with Crippen LogP contribution in [0.5, 0.6) is 0 Å². The number of carbonyl (C=O) groups is 2. The molecule has 0 aliphatic carbocycles. The fourth-order valence-corrected chi connectivity index (χ4v) is 2.35. The van der Waals surface area contributed by atoms with Crippen LogP contribution in [-0.4, -0.2) is 31.7 Å². The molecule has 7 heteroatoms. The average molecular weight is 336 g/mol. The predicted octanol–water partition coefficient (Wildman–Crippen LogP) is 2.21. The number of hydrogen-bond donors (Lipinski definition) is 2. The number of pyridine rings is 1. The summed E-state index contributed by atoms with van der Waals surface area (Å²) >= 11 is 0. The number of amides is 1. The molecule has 2 heterocycles. The molecule has 0 saturated carbocycles. The zero-order valence-corrected chi connectivity index (χ0v) is 13.3. The van der Waals surface area contributed by atoms with E-state index >= 15 is 0 Å². The van der Waals surface area contributed by atoms with E-state index < -0.39 is 5.97 Å². The van der Waals surface area contributed by atoms with Crippen molar-refractivity contribution in [2.75, 3.05) is 5.32 Å². The van der Waals surface area contributed by atoms with Crippen LogP contribution in [0.1, 0.15) is 21.5 Å². The summed E-state index contributed by atoms with van der Waals surface area (Å²) in [4.78, 5) is 26.8. The maximum Gasteiger partial charge on any atom is 0.325 e. The van der Waals surface area contributed by atoms with Gasteiger partial charge in [0.2, 0.25) is 0 Å². The Bertz CT molecular complexity index is 873. The molecule has 0 aliphatic rings. The number of benzene rings is 1. The summed E-state index contributed by atoms with van der Waals surface area (Å²) in [5.41, 5.74) is 3.26. The van der Waals surface area contributed by atoms with E-state index in [1.54, 1.807) is 12.4 Å². The molecule has 0 fully saturated rings. The standard InChI is InChI=1S/C18H16N4O3/c23-17(24)12-22-11-15(10-20-22)18(25)21-16-3-1-13(2-4-16)9-14-5-7-19-8-6-14/h1-8,10-11H,9,12H2,(H,21,25)(H,23,24). The van der Waals surface area contributed by atoms with Gasteiger partial charge >= 0.3 is 5.97 Å². The third-order valence-corrected chi connectivity index (χ3v) is 3.56. The normalized spacial score (nSPS) is 10.4. The number of carboxylic acid groups (broad SMARTS) is 1. The van der Waals surface area contributed by atoms with Gasteiger partial charge in [-0.2, -0.15) is 5.10 Å². The highest BCUT2D eigenvalue weighted by atomic mass is 16.4. The van der Waals surface area contributed by atoms with Crippen LogP contribution in [0.4, 0.5) is 5.69 Å². The topological polar surface area (TPSA) is 97.1 Å². The minimum absolute atomic E-state index is 0.281. The first-order valence-corrected chi connectivity index (χ1v) is 7.63. The van der Waals surface area contributed by atoms with Crippen molar-refractivity contribution in [2.24, 2.45) is 0 Å². The van der Waals surface area contributed by atoms with Gasteiger partial charge in [0.15, 0.2) is 0 Å². The highest BCUT2D eigenvalue weighted by Gasteiger charge is 2.10. The van der Waals surface area contributed by atoms with E-state index in [-0.39, 0.29) is 12.5 Å². The molecule has 7 nitrogen and oxygen atoms in total. The molecule has 0 atom stereocenters. The molecular formula is C18H16N4O3. The van der Waals surface area contributed by atoms with E-state index in [0.717, 1.165) is 17.5 Å². The summed E-state index contributed by atoms with van der Waals surface area (Å²) in [7, 11) is 0. The smallest absolute Gasteiger partial charge is 0.325 e. The van der Waals surface area contributed by atoms with Gasteiger partial charge < -0.3 is 10.4 Å². The number of carboxylic acids is 1. The summed E-state index contributed by atoms with van der Waals surface area (Å²) in [5, 5.41) is 15.3.